The molecule has 0 radical (unpaired) electrons. The summed E-state index contributed by atoms with van der Waals surface area (Å²) in [5.74, 6) is -0.0695. The highest BCUT2D eigenvalue weighted by Crippen LogP contribution is 2.37. The van der Waals surface area contributed by atoms with Gasteiger partial charge in [0.1, 0.15) is 0 Å². The highest BCUT2D eigenvalue weighted by Gasteiger charge is 2.42. The number of rotatable bonds is 6. The third kappa shape index (κ3) is 4.75. The van der Waals surface area contributed by atoms with Crippen LogP contribution >= 0.6 is 0 Å². The minimum absolute atomic E-state index is 0.0695. The van der Waals surface area contributed by atoms with E-state index in [4.69, 9.17) is 10.00 Å². The first kappa shape index (κ1) is 19.1. The van der Waals surface area contributed by atoms with E-state index < -0.39 is 5.41 Å². The van der Waals surface area contributed by atoms with Crippen LogP contribution < -0.4 is 0 Å². The lowest BCUT2D eigenvalue weighted by Gasteiger charge is -2.40. The number of carbonyl (C=O) groups excluding carboxylic acids is 1. The smallest absolute Gasteiger partial charge is 0.312 e. The van der Waals surface area contributed by atoms with Crippen LogP contribution in [-0.2, 0) is 22.5 Å². The summed E-state index contributed by atoms with van der Waals surface area (Å²) in [6.45, 7) is 4.79. The van der Waals surface area contributed by atoms with E-state index in [-0.39, 0.29) is 5.97 Å². The van der Waals surface area contributed by atoms with Crippen molar-refractivity contribution in [2.75, 3.05) is 19.7 Å². The van der Waals surface area contributed by atoms with Crippen molar-refractivity contribution in [3.63, 3.8) is 0 Å². The Labute approximate surface area is 161 Å². The zero-order chi connectivity index (χ0) is 19.1. The van der Waals surface area contributed by atoms with E-state index in [0.717, 1.165) is 44.5 Å². The molecular formula is C23H26N2O2. The van der Waals surface area contributed by atoms with Gasteiger partial charge in [0, 0.05) is 6.54 Å². The van der Waals surface area contributed by atoms with Crippen LogP contribution in [0.3, 0.4) is 0 Å². The number of nitrogens with zero attached hydrogens (tertiary/aromatic N) is 2. The average molecular weight is 362 g/mol. The van der Waals surface area contributed by atoms with Crippen LogP contribution in [-0.4, -0.2) is 30.6 Å². The lowest BCUT2D eigenvalue weighted by molar-refractivity contribution is -0.158. The van der Waals surface area contributed by atoms with Gasteiger partial charge in [-0.1, -0.05) is 42.5 Å². The first-order valence-corrected chi connectivity index (χ1v) is 9.58. The van der Waals surface area contributed by atoms with Crippen LogP contribution in [0.2, 0.25) is 0 Å². The molecule has 3 rings (SSSR count). The molecule has 0 aliphatic carbocycles. The van der Waals surface area contributed by atoms with Crippen molar-refractivity contribution in [3.8, 4) is 6.07 Å². The van der Waals surface area contributed by atoms with E-state index in [0.29, 0.717) is 12.2 Å². The van der Waals surface area contributed by atoms with Gasteiger partial charge >= 0.3 is 5.97 Å². The second-order valence-corrected chi connectivity index (χ2v) is 7.25. The zero-order valence-electron chi connectivity index (χ0n) is 15.9. The van der Waals surface area contributed by atoms with Crippen molar-refractivity contribution in [2.45, 2.75) is 32.7 Å². The molecule has 2 aromatic carbocycles. The van der Waals surface area contributed by atoms with E-state index >= 15 is 0 Å². The first-order chi connectivity index (χ1) is 13.1. The number of hydrogen-bond donors (Lipinski definition) is 0. The van der Waals surface area contributed by atoms with Gasteiger partial charge in [0.05, 0.1) is 23.7 Å². The van der Waals surface area contributed by atoms with E-state index in [1.54, 1.807) is 0 Å². The molecule has 1 saturated heterocycles. The van der Waals surface area contributed by atoms with Crippen LogP contribution in [0.25, 0.3) is 0 Å². The average Bonchev–Trinajstić information content (AvgIpc) is 2.71. The normalized spacial score (nSPS) is 16.4. The molecule has 140 valence electrons. The van der Waals surface area contributed by atoms with Crippen LogP contribution in [0.1, 0.15) is 36.5 Å². The minimum Gasteiger partial charge on any atom is -0.466 e. The number of esters is 1. The molecule has 0 amide bonds. The standard InChI is InChI=1S/C23H26N2O2/c1-2-27-22(26)23(16-19-7-4-3-5-8-19)11-13-25(14-12-23)18-21-10-6-9-20(15-21)17-24/h3-10,15H,2,11-14,16,18H2,1H3. The topological polar surface area (TPSA) is 53.3 Å². The third-order valence-corrected chi connectivity index (χ3v) is 5.37. The number of nitriles is 1. The number of ether oxygens (including phenoxy) is 1. The van der Waals surface area contributed by atoms with Crippen molar-refractivity contribution in [1.29, 1.82) is 5.26 Å². The SMILES string of the molecule is CCOC(=O)C1(Cc2ccccc2)CCN(Cc2cccc(C#N)c2)CC1. The summed E-state index contributed by atoms with van der Waals surface area (Å²) < 4.78 is 5.45. The molecule has 1 aliphatic heterocycles. The predicted octanol–water partition coefficient (Wildman–Crippen LogP) is 3.95. The predicted molar refractivity (Wildman–Crippen MR) is 105 cm³/mol. The van der Waals surface area contributed by atoms with Gasteiger partial charge in [-0.3, -0.25) is 9.69 Å². The Morgan fingerprint density at radius 3 is 2.48 bits per heavy atom. The molecule has 1 heterocycles. The van der Waals surface area contributed by atoms with Crippen LogP contribution in [0.4, 0.5) is 0 Å². The number of benzene rings is 2. The van der Waals surface area contributed by atoms with E-state index in [1.165, 1.54) is 5.56 Å². The molecular weight excluding hydrogens is 336 g/mol. The maximum absolute atomic E-state index is 12.8. The monoisotopic (exact) mass is 362 g/mol. The molecule has 0 atom stereocenters. The van der Waals surface area contributed by atoms with Gasteiger partial charge in [-0.05, 0) is 62.5 Å². The van der Waals surface area contributed by atoms with Gasteiger partial charge in [-0.15, -0.1) is 0 Å². The molecule has 1 fully saturated rings. The van der Waals surface area contributed by atoms with Gasteiger partial charge in [-0.25, -0.2) is 0 Å². The third-order valence-electron chi connectivity index (χ3n) is 5.37. The number of hydrogen-bond acceptors (Lipinski definition) is 4. The fraction of sp³-hybridized carbons (Fsp3) is 0.391. The van der Waals surface area contributed by atoms with Crippen molar-refractivity contribution >= 4 is 5.97 Å². The van der Waals surface area contributed by atoms with Crippen molar-refractivity contribution in [2.24, 2.45) is 5.41 Å². The van der Waals surface area contributed by atoms with Crippen LogP contribution in [0.5, 0.6) is 0 Å². The molecule has 0 aromatic heterocycles. The maximum atomic E-state index is 12.8. The molecule has 0 unspecified atom stereocenters. The quantitative estimate of drug-likeness (QED) is 0.730. The van der Waals surface area contributed by atoms with Gasteiger partial charge in [-0.2, -0.15) is 5.26 Å². The van der Waals surface area contributed by atoms with Gasteiger partial charge < -0.3 is 4.74 Å². The lowest BCUT2D eigenvalue weighted by Crippen LogP contribution is -2.46. The van der Waals surface area contributed by atoms with Gasteiger partial charge in [0.15, 0.2) is 0 Å². The number of piperidine rings is 1. The highest BCUT2D eigenvalue weighted by molar-refractivity contribution is 5.77. The molecule has 2 aromatic rings. The molecule has 0 spiro atoms. The van der Waals surface area contributed by atoms with Crippen molar-refractivity contribution in [3.05, 3.63) is 71.3 Å². The van der Waals surface area contributed by atoms with Gasteiger partial charge in [0.2, 0.25) is 0 Å². The second-order valence-electron chi connectivity index (χ2n) is 7.25. The first-order valence-electron chi connectivity index (χ1n) is 9.58. The number of likely N-dealkylation sites (tertiary alicyclic amines) is 1. The lowest BCUT2D eigenvalue weighted by atomic mass is 9.73. The summed E-state index contributed by atoms with van der Waals surface area (Å²) in [5, 5.41) is 9.07. The minimum atomic E-state index is -0.442. The van der Waals surface area contributed by atoms with Crippen LogP contribution in [0, 0.1) is 16.7 Å². The largest absolute Gasteiger partial charge is 0.466 e. The van der Waals surface area contributed by atoms with Crippen molar-refractivity contribution in [1.82, 2.24) is 4.90 Å². The summed E-state index contributed by atoms with van der Waals surface area (Å²) in [7, 11) is 0. The number of carbonyl (C=O) groups is 1. The van der Waals surface area contributed by atoms with Gasteiger partial charge in [0.25, 0.3) is 0 Å². The van der Waals surface area contributed by atoms with E-state index in [1.807, 2.05) is 43.3 Å². The van der Waals surface area contributed by atoms with E-state index in [2.05, 4.69) is 29.2 Å². The summed E-state index contributed by atoms with van der Waals surface area (Å²) in [6, 6.07) is 20.1. The van der Waals surface area contributed by atoms with E-state index in [9.17, 15) is 4.79 Å². The Hall–Kier alpha value is -2.64. The summed E-state index contributed by atoms with van der Waals surface area (Å²) in [4.78, 5) is 15.2. The van der Waals surface area contributed by atoms with Crippen molar-refractivity contribution < 1.29 is 9.53 Å². The second kappa shape index (κ2) is 8.83. The molecule has 4 nitrogen and oxygen atoms in total. The Bertz CT molecular complexity index is 803. The fourth-order valence-corrected chi connectivity index (χ4v) is 3.86. The Kier molecular flexibility index (Phi) is 6.26. The molecule has 4 heteroatoms. The maximum Gasteiger partial charge on any atom is 0.312 e. The molecule has 1 aliphatic rings. The molecule has 0 saturated carbocycles. The summed E-state index contributed by atoms with van der Waals surface area (Å²) >= 11 is 0. The zero-order valence-corrected chi connectivity index (χ0v) is 15.9. The van der Waals surface area contributed by atoms with Crippen LogP contribution in [0.15, 0.2) is 54.6 Å². The molecule has 27 heavy (non-hydrogen) atoms. The fourth-order valence-electron chi connectivity index (χ4n) is 3.86. The summed E-state index contributed by atoms with van der Waals surface area (Å²) in [6.07, 6.45) is 2.31. The summed E-state index contributed by atoms with van der Waals surface area (Å²) in [5.41, 5.74) is 2.57. The molecule has 0 bridgehead atoms. The molecule has 0 N–H and O–H groups in total. The highest BCUT2D eigenvalue weighted by atomic mass is 16.5. The Balaban J connectivity index is 1.69. The Morgan fingerprint density at radius 1 is 1.11 bits per heavy atom. The Morgan fingerprint density at radius 2 is 1.81 bits per heavy atom.